The fourth-order valence-electron chi connectivity index (χ4n) is 3.08. The van der Waals surface area contributed by atoms with Crippen molar-refractivity contribution in [3.05, 3.63) is 0 Å². The third-order valence-electron chi connectivity index (χ3n) is 4.69. The Bertz CT molecular complexity index is 224. The van der Waals surface area contributed by atoms with Crippen LogP contribution in [0.4, 0.5) is 0 Å². The first-order chi connectivity index (χ1) is 9.10. The summed E-state index contributed by atoms with van der Waals surface area (Å²) in [6.07, 6.45) is 9.62. The van der Waals surface area contributed by atoms with Crippen LogP contribution in [-0.4, -0.2) is 62.7 Å². The van der Waals surface area contributed by atoms with Gasteiger partial charge in [0.2, 0.25) is 0 Å². The third kappa shape index (κ3) is 5.80. The van der Waals surface area contributed by atoms with Crippen molar-refractivity contribution in [2.24, 2.45) is 0 Å². The second kappa shape index (κ2) is 8.93. The molecule has 0 aliphatic heterocycles. The van der Waals surface area contributed by atoms with Crippen molar-refractivity contribution in [1.29, 1.82) is 0 Å². The smallest absolute Gasteiger partial charge is 0.0330 e. The predicted octanol–water partition coefficient (Wildman–Crippen LogP) is 2.57. The van der Waals surface area contributed by atoms with Gasteiger partial charge in [0, 0.05) is 12.1 Å². The molecular formula is C16H35N3. The van der Waals surface area contributed by atoms with E-state index >= 15 is 0 Å². The Morgan fingerprint density at radius 2 is 1.68 bits per heavy atom. The highest BCUT2D eigenvalue weighted by Gasteiger charge is 2.39. The second-order valence-corrected chi connectivity index (χ2v) is 6.48. The summed E-state index contributed by atoms with van der Waals surface area (Å²) in [7, 11) is 6.78. The van der Waals surface area contributed by atoms with Gasteiger partial charge in [0.1, 0.15) is 0 Å². The van der Waals surface area contributed by atoms with Gasteiger partial charge in [0.15, 0.2) is 0 Å². The molecule has 0 aromatic rings. The van der Waals surface area contributed by atoms with Crippen molar-refractivity contribution in [2.75, 3.05) is 47.3 Å². The van der Waals surface area contributed by atoms with Crippen LogP contribution in [0.1, 0.15) is 51.9 Å². The average Bonchev–Trinajstić information content (AvgIpc) is 2.32. The van der Waals surface area contributed by atoms with Crippen LogP contribution in [0, 0.1) is 0 Å². The van der Waals surface area contributed by atoms with E-state index in [1.54, 1.807) is 0 Å². The predicted molar refractivity (Wildman–Crippen MR) is 84.8 cm³/mol. The van der Waals surface area contributed by atoms with E-state index in [2.05, 4.69) is 43.2 Å². The molecule has 114 valence electrons. The van der Waals surface area contributed by atoms with E-state index in [4.69, 9.17) is 0 Å². The van der Waals surface area contributed by atoms with Crippen LogP contribution in [0.2, 0.25) is 0 Å². The van der Waals surface area contributed by atoms with Gasteiger partial charge in [-0.2, -0.15) is 0 Å². The molecule has 19 heavy (non-hydrogen) atoms. The zero-order valence-corrected chi connectivity index (χ0v) is 13.7. The van der Waals surface area contributed by atoms with Crippen LogP contribution in [0.15, 0.2) is 0 Å². The van der Waals surface area contributed by atoms with Crippen LogP contribution in [-0.2, 0) is 0 Å². The van der Waals surface area contributed by atoms with Crippen molar-refractivity contribution in [3.8, 4) is 0 Å². The lowest BCUT2D eigenvalue weighted by Gasteiger charge is -2.49. The summed E-state index contributed by atoms with van der Waals surface area (Å²) in [6.45, 7) is 6.98. The van der Waals surface area contributed by atoms with E-state index in [0.717, 1.165) is 6.54 Å². The summed E-state index contributed by atoms with van der Waals surface area (Å²) < 4.78 is 0. The summed E-state index contributed by atoms with van der Waals surface area (Å²) in [4.78, 5) is 4.99. The molecule has 1 fully saturated rings. The monoisotopic (exact) mass is 269 g/mol. The summed E-state index contributed by atoms with van der Waals surface area (Å²) in [5, 5.41) is 3.39. The molecule has 1 aliphatic rings. The molecule has 1 saturated carbocycles. The standard InChI is InChI=1S/C16H35N3/c1-5-17-13-8-6-7-9-14-19(4)15-16(18(2)3)11-10-12-16/h17H,5-15H2,1-4H3. The molecule has 0 atom stereocenters. The quantitative estimate of drug-likeness (QED) is 0.582. The Labute approximate surface area is 120 Å². The Morgan fingerprint density at radius 1 is 1.00 bits per heavy atom. The molecule has 3 nitrogen and oxygen atoms in total. The average molecular weight is 269 g/mol. The van der Waals surface area contributed by atoms with Gasteiger partial charge in [-0.05, 0) is 72.9 Å². The Morgan fingerprint density at radius 3 is 2.21 bits per heavy atom. The minimum absolute atomic E-state index is 0.486. The van der Waals surface area contributed by atoms with Crippen LogP contribution >= 0.6 is 0 Å². The topological polar surface area (TPSA) is 18.5 Å². The molecule has 1 aliphatic carbocycles. The molecular weight excluding hydrogens is 234 g/mol. The van der Waals surface area contributed by atoms with E-state index in [1.165, 1.54) is 64.6 Å². The minimum atomic E-state index is 0.486. The van der Waals surface area contributed by atoms with Crippen LogP contribution in [0.5, 0.6) is 0 Å². The van der Waals surface area contributed by atoms with E-state index in [0.29, 0.717) is 5.54 Å². The van der Waals surface area contributed by atoms with Gasteiger partial charge in [-0.15, -0.1) is 0 Å². The van der Waals surface area contributed by atoms with E-state index in [1.807, 2.05) is 0 Å². The number of hydrogen-bond acceptors (Lipinski definition) is 3. The lowest BCUT2D eigenvalue weighted by atomic mass is 9.75. The third-order valence-corrected chi connectivity index (χ3v) is 4.69. The fourth-order valence-corrected chi connectivity index (χ4v) is 3.08. The normalized spacial score (nSPS) is 18.0. The molecule has 0 spiro atoms. The molecule has 3 heteroatoms. The first-order valence-corrected chi connectivity index (χ1v) is 8.17. The maximum atomic E-state index is 3.39. The summed E-state index contributed by atoms with van der Waals surface area (Å²) in [6, 6.07) is 0. The van der Waals surface area contributed by atoms with Gasteiger partial charge >= 0.3 is 0 Å². The minimum Gasteiger partial charge on any atom is -0.317 e. The SMILES string of the molecule is CCNCCCCCCN(C)CC1(N(C)C)CCC1. The van der Waals surface area contributed by atoms with Crippen molar-refractivity contribution in [1.82, 2.24) is 15.1 Å². The van der Waals surface area contributed by atoms with Gasteiger partial charge in [0.25, 0.3) is 0 Å². The molecule has 0 aromatic heterocycles. The number of likely N-dealkylation sites (N-methyl/N-ethyl adjacent to an activating group) is 2. The maximum absolute atomic E-state index is 3.39. The maximum Gasteiger partial charge on any atom is 0.0330 e. The van der Waals surface area contributed by atoms with E-state index in [9.17, 15) is 0 Å². The fraction of sp³-hybridized carbons (Fsp3) is 1.00. The van der Waals surface area contributed by atoms with Crippen LogP contribution in [0.25, 0.3) is 0 Å². The van der Waals surface area contributed by atoms with Gasteiger partial charge < -0.3 is 15.1 Å². The largest absolute Gasteiger partial charge is 0.317 e. The van der Waals surface area contributed by atoms with Crippen molar-refractivity contribution in [3.63, 3.8) is 0 Å². The summed E-state index contributed by atoms with van der Waals surface area (Å²) in [5.41, 5.74) is 0.486. The molecule has 0 bridgehead atoms. The zero-order valence-electron chi connectivity index (χ0n) is 13.7. The number of nitrogens with one attached hydrogen (secondary N) is 1. The molecule has 0 unspecified atom stereocenters. The molecule has 0 saturated heterocycles. The second-order valence-electron chi connectivity index (χ2n) is 6.48. The van der Waals surface area contributed by atoms with Gasteiger partial charge in [-0.3, -0.25) is 0 Å². The molecule has 1 N–H and O–H groups in total. The van der Waals surface area contributed by atoms with Gasteiger partial charge in [0.05, 0.1) is 0 Å². The lowest BCUT2D eigenvalue weighted by Crippen LogP contribution is -2.56. The van der Waals surface area contributed by atoms with Crippen LogP contribution < -0.4 is 5.32 Å². The Hall–Kier alpha value is -0.120. The molecule has 0 aromatic carbocycles. The number of nitrogens with zero attached hydrogens (tertiary/aromatic N) is 2. The van der Waals surface area contributed by atoms with Crippen molar-refractivity contribution >= 4 is 0 Å². The number of rotatable bonds is 11. The van der Waals surface area contributed by atoms with Gasteiger partial charge in [-0.25, -0.2) is 0 Å². The van der Waals surface area contributed by atoms with E-state index in [-0.39, 0.29) is 0 Å². The lowest BCUT2D eigenvalue weighted by molar-refractivity contribution is 0.0275. The van der Waals surface area contributed by atoms with Gasteiger partial charge in [-0.1, -0.05) is 19.8 Å². The molecule has 0 radical (unpaired) electrons. The Kier molecular flexibility index (Phi) is 7.96. The molecule has 0 heterocycles. The number of unbranched alkanes of at least 4 members (excludes halogenated alkanes) is 3. The van der Waals surface area contributed by atoms with Crippen LogP contribution in [0.3, 0.4) is 0 Å². The van der Waals surface area contributed by atoms with E-state index < -0.39 is 0 Å². The molecule has 1 rings (SSSR count). The zero-order chi connectivity index (χ0) is 14.1. The Balaban J connectivity index is 2.03. The van der Waals surface area contributed by atoms with Crippen molar-refractivity contribution < 1.29 is 0 Å². The highest BCUT2D eigenvalue weighted by Crippen LogP contribution is 2.36. The highest BCUT2D eigenvalue weighted by atomic mass is 15.2. The molecule has 0 amide bonds. The number of hydrogen-bond donors (Lipinski definition) is 1. The summed E-state index contributed by atoms with van der Waals surface area (Å²) >= 11 is 0. The summed E-state index contributed by atoms with van der Waals surface area (Å²) in [5.74, 6) is 0. The first kappa shape index (κ1) is 16.9. The first-order valence-electron chi connectivity index (χ1n) is 8.17. The highest BCUT2D eigenvalue weighted by molar-refractivity contribution is 4.97. The van der Waals surface area contributed by atoms with Crippen molar-refractivity contribution in [2.45, 2.75) is 57.4 Å².